The molecule has 0 aliphatic carbocycles. The second kappa shape index (κ2) is 5.14. The van der Waals surface area contributed by atoms with Gasteiger partial charge in [0.2, 0.25) is 0 Å². The maximum Gasteiger partial charge on any atom is 0.251 e. The standard InChI is InChI=1S/C18H12N2O3/c21-15-4-3-11-7-13(2-1-12(11)8-15)18-19-16(9-17(22)20-18)14-5-6-23-10-14/h1-10,21H,(H,19,20,22). The normalized spacial score (nSPS) is 11.0. The fourth-order valence-corrected chi connectivity index (χ4v) is 2.53. The summed E-state index contributed by atoms with van der Waals surface area (Å²) in [5.74, 6) is 0.711. The summed E-state index contributed by atoms with van der Waals surface area (Å²) in [6, 6.07) is 14.0. The Morgan fingerprint density at radius 3 is 2.61 bits per heavy atom. The molecule has 0 amide bonds. The molecule has 4 rings (SSSR count). The van der Waals surface area contributed by atoms with Crippen molar-refractivity contribution < 1.29 is 9.52 Å². The summed E-state index contributed by atoms with van der Waals surface area (Å²) in [7, 11) is 0. The molecule has 0 aliphatic rings. The highest BCUT2D eigenvalue weighted by Crippen LogP contribution is 2.25. The first-order chi connectivity index (χ1) is 11.2. The Balaban J connectivity index is 1.87. The Labute approximate surface area is 130 Å². The second-order valence-electron chi connectivity index (χ2n) is 5.24. The minimum atomic E-state index is -0.225. The van der Waals surface area contributed by atoms with Crippen molar-refractivity contribution in [1.82, 2.24) is 9.97 Å². The highest BCUT2D eigenvalue weighted by Gasteiger charge is 2.08. The van der Waals surface area contributed by atoms with Crippen molar-refractivity contribution in [2.45, 2.75) is 0 Å². The van der Waals surface area contributed by atoms with Crippen LogP contribution in [0.2, 0.25) is 0 Å². The molecule has 2 heterocycles. The Hall–Kier alpha value is -3.34. The lowest BCUT2D eigenvalue weighted by Crippen LogP contribution is -2.08. The number of fused-ring (bicyclic) bond motifs is 1. The molecule has 23 heavy (non-hydrogen) atoms. The third-order valence-corrected chi connectivity index (χ3v) is 3.66. The SMILES string of the molecule is O=c1cc(-c2ccoc2)nc(-c2ccc3cc(O)ccc3c2)[nH]1. The topological polar surface area (TPSA) is 79.1 Å². The molecular formula is C18H12N2O3. The second-order valence-corrected chi connectivity index (χ2v) is 5.24. The number of phenolic OH excluding ortho intramolecular Hbond substituents is 1. The zero-order valence-corrected chi connectivity index (χ0v) is 12.0. The molecular weight excluding hydrogens is 292 g/mol. The van der Waals surface area contributed by atoms with Crippen LogP contribution in [0.3, 0.4) is 0 Å². The quantitative estimate of drug-likeness (QED) is 0.593. The molecule has 0 spiro atoms. The van der Waals surface area contributed by atoms with Gasteiger partial charge in [-0.15, -0.1) is 0 Å². The van der Waals surface area contributed by atoms with Gasteiger partial charge in [-0.05, 0) is 35.0 Å². The lowest BCUT2D eigenvalue weighted by Gasteiger charge is -2.05. The van der Waals surface area contributed by atoms with Crippen LogP contribution in [0.25, 0.3) is 33.4 Å². The van der Waals surface area contributed by atoms with Gasteiger partial charge in [0.25, 0.3) is 5.56 Å². The van der Waals surface area contributed by atoms with E-state index in [0.717, 1.165) is 21.9 Å². The van der Waals surface area contributed by atoms with E-state index in [1.54, 1.807) is 30.7 Å². The van der Waals surface area contributed by atoms with Gasteiger partial charge < -0.3 is 14.5 Å². The van der Waals surface area contributed by atoms with Gasteiger partial charge in [0.15, 0.2) is 0 Å². The average molecular weight is 304 g/mol. The van der Waals surface area contributed by atoms with E-state index < -0.39 is 0 Å². The summed E-state index contributed by atoms with van der Waals surface area (Å²) < 4.78 is 5.05. The van der Waals surface area contributed by atoms with Gasteiger partial charge in [-0.1, -0.05) is 18.2 Å². The minimum absolute atomic E-state index is 0.221. The first-order valence-corrected chi connectivity index (χ1v) is 7.06. The van der Waals surface area contributed by atoms with Crippen LogP contribution < -0.4 is 5.56 Å². The third-order valence-electron chi connectivity index (χ3n) is 3.66. The molecule has 2 aromatic carbocycles. The van der Waals surface area contributed by atoms with Gasteiger partial charge in [0, 0.05) is 17.2 Å². The molecule has 0 saturated carbocycles. The van der Waals surface area contributed by atoms with Crippen molar-refractivity contribution in [2.75, 3.05) is 0 Å². The lowest BCUT2D eigenvalue weighted by molar-refractivity contribution is 0.476. The van der Waals surface area contributed by atoms with E-state index in [1.807, 2.05) is 24.3 Å². The van der Waals surface area contributed by atoms with Crippen LogP contribution in [0, 0.1) is 0 Å². The largest absolute Gasteiger partial charge is 0.508 e. The number of hydrogen-bond acceptors (Lipinski definition) is 4. The Morgan fingerprint density at radius 1 is 0.957 bits per heavy atom. The Bertz CT molecular complexity index is 1050. The number of rotatable bonds is 2. The Kier molecular flexibility index (Phi) is 2.98. The fourth-order valence-electron chi connectivity index (χ4n) is 2.53. The molecule has 0 atom stereocenters. The van der Waals surface area contributed by atoms with Crippen LogP contribution >= 0.6 is 0 Å². The zero-order chi connectivity index (χ0) is 15.8. The summed E-state index contributed by atoms with van der Waals surface area (Å²) in [6.07, 6.45) is 3.09. The number of nitrogens with one attached hydrogen (secondary N) is 1. The van der Waals surface area contributed by atoms with E-state index in [0.29, 0.717) is 11.5 Å². The van der Waals surface area contributed by atoms with Crippen molar-refractivity contribution in [3.63, 3.8) is 0 Å². The number of nitrogens with zero attached hydrogens (tertiary/aromatic N) is 1. The van der Waals surface area contributed by atoms with Crippen molar-refractivity contribution in [3.05, 3.63) is 71.4 Å². The fraction of sp³-hybridized carbons (Fsp3) is 0. The van der Waals surface area contributed by atoms with Gasteiger partial charge in [0.1, 0.15) is 11.6 Å². The number of aromatic nitrogens is 2. The van der Waals surface area contributed by atoms with E-state index in [1.165, 1.54) is 6.07 Å². The van der Waals surface area contributed by atoms with Crippen molar-refractivity contribution in [1.29, 1.82) is 0 Å². The van der Waals surface area contributed by atoms with Crippen LogP contribution in [-0.2, 0) is 0 Å². The highest BCUT2D eigenvalue weighted by atomic mass is 16.3. The number of benzene rings is 2. The number of aromatic hydroxyl groups is 1. The smallest absolute Gasteiger partial charge is 0.251 e. The number of aromatic amines is 1. The third kappa shape index (κ3) is 2.48. The summed E-state index contributed by atoms with van der Waals surface area (Å²) in [4.78, 5) is 19.2. The van der Waals surface area contributed by atoms with Crippen LogP contribution in [0.1, 0.15) is 0 Å². The predicted molar refractivity (Wildman–Crippen MR) is 87.2 cm³/mol. The van der Waals surface area contributed by atoms with E-state index in [9.17, 15) is 9.90 Å². The van der Waals surface area contributed by atoms with Gasteiger partial charge in [-0.2, -0.15) is 0 Å². The maximum absolute atomic E-state index is 11.9. The van der Waals surface area contributed by atoms with Gasteiger partial charge in [-0.25, -0.2) is 4.98 Å². The molecule has 0 radical (unpaired) electrons. The lowest BCUT2D eigenvalue weighted by atomic mass is 10.1. The Morgan fingerprint density at radius 2 is 1.78 bits per heavy atom. The molecule has 0 aliphatic heterocycles. The molecule has 5 nitrogen and oxygen atoms in total. The molecule has 112 valence electrons. The molecule has 0 fully saturated rings. The molecule has 2 N–H and O–H groups in total. The molecule has 4 aromatic rings. The van der Waals surface area contributed by atoms with Crippen LogP contribution in [0.4, 0.5) is 0 Å². The predicted octanol–water partition coefficient (Wildman–Crippen LogP) is 3.56. The van der Waals surface area contributed by atoms with Gasteiger partial charge >= 0.3 is 0 Å². The zero-order valence-electron chi connectivity index (χ0n) is 12.0. The van der Waals surface area contributed by atoms with E-state index >= 15 is 0 Å². The molecule has 2 aromatic heterocycles. The summed E-state index contributed by atoms with van der Waals surface area (Å²) >= 11 is 0. The maximum atomic E-state index is 11.9. The first kappa shape index (κ1) is 13.3. The van der Waals surface area contributed by atoms with Crippen LogP contribution in [0.5, 0.6) is 5.75 Å². The van der Waals surface area contributed by atoms with Crippen molar-refractivity contribution >= 4 is 10.8 Å². The number of hydrogen-bond donors (Lipinski definition) is 2. The number of phenols is 1. The van der Waals surface area contributed by atoms with E-state index in [4.69, 9.17) is 4.42 Å². The highest BCUT2D eigenvalue weighted by molar-refractivity contribution is 5.87. The van der Waals surface area contributed by atoms with E-state index in [2.05, 4.69) is 9.97 Å². The molecule has 0 unspecified atom stereocenters. The number of H-pyrrole nitrogens is 1. The first-order valence-electron chi connectivity index (χ1n) is 7.06. The van der Waals surface area contributed by atoms with Crippen molar-refractivity contribution in [2.24, 2.45) is 0 Å². The van der Waals surface area contributed by atoms with E-state index in [-0.39, 0.29) is 11.3 Å². The summed E-state index contributed by atoms with van der Waals surface area (Å²) in [5, 5.41) is 11.4. The van der Waals surface area contributed by atoms with Gasteiger partial charge in [-0.3, -0.25) is 4.79 Å². The van der Waals surface area contributed by atoms with Crippen LogP contribution in [0.15, 0.2) is 70.3 Å². The molecule has 5 heteroatoms. The molecule has 0 saturated heterocycles. The van der Waals surface area contributed by atoms with Gasteiger partial charge in [0.05, 0.1) is 18.2 Å². The average Bonchev–Trinajstić information content (AvgIpc) is 3.08. The number of furan rings is 1. The molecule has 0 bridgehead atoms. The monoisotopic (exact) mass is 304 g/mol. The van der Waals surface area contributed by atoms with Crippen LogP contribution in [-0.4, -0.2) is 15.1 Å². The summed E-state index contributed by atoms with van der Waals surface area (Å²) in [5.41, 5.74) is 1.88. The summed E-state index contributed by atoms with van der Waals surface area (Å²) in [6.45, 7) is 0. The minimum Gasteiger partial charge on any atom is -0.508 e. The van der Waals surface area contributed by atoms with Crippen molar-refractivity contribution in [3.8, 4) is 28.4 Å².